The van der Waals surface area contributed by atoms with E-state index in [0.29, 0.717) is 19.3 Å². The van der Waals surface area contributed by atoms with Crippen molar-refractivity contribution in [3.8, 4) is 0 Å². The number of aliphatic hydroxyl groups excluding tert-OH is 2. The Bertz CT molecular complexity index is 2300. The summed E-state index contributed by atoms with van der Waals surface area (Å²) in [4.78, 5) is 58.7. The Balaban J connectivity index is 4.44. The summed E-state index contributed by atoms with van der Waals surface area (Å²) in [6.07, 6.45) is 93.2. The minimum atomic E-state index is -4.93. The minimum absolute atomic E-state index is 0.107. The number of allylic oxidation sites excluding steroid dienone is 16. The van der Waals surface area contributed by atoms with E-state index in [1.165, 1.54) is 205 Å². The van der Waals surface area contributed by atoms with Crippen LogP contribution >= 0.6 is 15.6 Å². The zero-order chi connectivity index (χ0) is 76.6. The number of phosphoric ester groups is 2. The SMILES string of the molecule is CCCCC/C=C\C/C=C\C/C=C\C/C=C\CCCCCCCCCCCCCCCCCC(=O)OCC(O)COP(=O)(O)OCC(O)COP(=O)(O)OCC(COC(=O)CCCCCCCCCCC/C=C\C/C=C\C/C=C\C/C=C\CCCCC)OC(=O)CCCCCCCCCCCCCCC. The predicted molar refractivity (Wildman–Crippen MR) is 436 cm³/mol. The number of hydrogen-bond acceptors (Lipinski definition) is 14. The first-order chi connectivity index (χ1) is 51.2. The molecule has 0 aliphatic rings. The molecule has 0 radical (unpaired) electrons. The molecule has 0 aromatic rings. The number of carbonyl (C=O) groups is 3. The standard InChI is InChI=1S/C87H156O16P2/c1-4-7-10-13-16-19-22-25-27-29-31-33-35-37-38-39-40-41-42-44-46-47-49-51-53-56-58-61-64-67-70-73-85(90)97-76-82(88)77-99-104(93,94)100-78-83(89)79-101-105(95,96)102-81-84(103-87(92)75-72-69-66-63-60-55-24-21-18-15-12-9-6-3)80-98-86(91)74-71-68-65-62-59-57-54-52-50-48-45-43-36-34-32-30-28-26-23-20-17-14-11-8-5-2/h16-17,19-20,25-28,31-34,37-38,43,45,82-84,88-89H,4-15,18,21-24,29-30,35-36,39-42,44,46-81H2,1-3H3,(H,93,94)(H,95,96)/b19-16-,20-17-,27-25-,28-26-,33-31-,34-32-,38-37-,45-43-. The van der Waals surface area contributed by atoms with Crippen LogP contribution in [0.1, 0.15) is 380 Å². The van der Waals surface area contributed by atoms with Gasteiger partial charge in [0.05, 0.1) is 26.4 Å². The van der Waals surface area contributed by atoms with Gasteiger partial charge in [0.1, 0.15) is 25.4 Å². The topological polar surface area (TPSA) is 231 Å². The predicted octanol–water partition coefficient (Wildman–Crippen LogP) is 25.3. The van der Waals surface area contributed by atoms with Crippen LogP contribution in [0.3, 0.4) is 0 Å². The van der Waals surface area contributed by atoms with E-state index < -0.39 is 91.5 Å². The number of hydrogen-bond donors (Lipinski definition) is 4. The number of unbranched alkanes of at least 4 members (excludes halogenated alkanes) is 42. The molecule has 0 saturated carbocycles. The highest BCUT2D eigenvalue weighted by molar-refractivity contribution is 7.47. The quantitative estimate of drug-likeness (QED) is 0.0146. The monoisotopic (exact) mass is 1520 g/mol. The van der Waals surface area contributed by atoms with Gasteiger partial charge in [0, 0.05) is 19.3 Å². The highest BCUT2D eigenvalue weighted by atomic mass is 31.2. The molecule has 4 N–H and O–H groups in total. The molecule has 5 atom stereocenters. The molecule has 105 heavy (non-hydrogen) atoms. The Kier molecular flexibility index (Phi) is 77.3. The Morgan fingerprint density at radius 2 is 0.476 bits per heavy atom. The molecule has 0 aliphatic heterocycles. The lowest BCUT2D eigenvalue weighted by molar-refractivity contribution is -0.161. The van der Waals surface area contributed by atoms with Gasteiger partial charge >= 0.3 is 33.6 Å². The maximum Gasteiger partial charge on any atom is 0.472 e. The molecular formula is C87H156O16P2. The third kappa shape index (κ3) is 81.3. The normalized spacial score (nSPS) is 14.4. The van der Waals surface area contributed by atoms with Crippen molar-refractivity contribution in [2.75, 3.05) is 39.6 Å². The maximum atomic E-state index is 13.0. The molecule has 16 nitrogen and oxygen atoms in total. The number of phosphoric acid groups is 2. The molecule has 0 spiro atoms. The fraction of sp³-hybridized carbons (Fsp3) is 0.782. The number of carbonyl (C=O) groups excluding carboxylic acids is 3. The summed E-state index contributed by atoms with van der Waals surface area (Å²) in [5, 5.41) is 20.7. The Morgan fingerprint density at radius 3 is 0.771 bits per heavy atom. The van der Waals surface area contributed by atoms with Crippen LogP contribution in [0.5, 0.6) is 0 Å². The van der Waals surface area contributed by atoms with Crippen LogP contribution in [0.4, 0.5) is 0 Å². The van der Waals surface area contributed by atoms with Crippen molar-refractivity contribution in [2.24, 2.45) is 0 Å². The fourth-order valence-electron chi connectivity index (χ4n) is 11.8. The summed E-state index contributed by atoms with van der Waals surface area (Å²) in [6.45, 7) is 2.67. The molecule has 18 heteroatoms. The summed E-state index contributed by atoms with van der Waals surface area (Å²) in [5.74, 6) is -1.56. The Labute approximate surface area is 641 Å². The largest absolute Gasteiger partial charge is 0.472 e. The minimum Gasteiger partial charge on any atom is -0.463 e. The van der Waals surface area contributed by atoms with Crippen LogP contribution < -0.4 is 0 Å². The molecule has 0 aromatic heterocycles. The molecule has 0 rings (SSSR count). The van der Waals surface area contributed by atoms with Gasteiger partial charge < -0.3 is 34.2 Å². The van der Waals surface area contributed by atoms with Crippen molar-refractivity contribution in [2.45, 2.75) is 399 Å². The second kappa shape index (κ2) is 80.0. The van der Waals surface area contributed by atoms with Crippen molar-refractivity contribution in [1.82, 2.24) is 0 Å². The average molecular weight is 1520 g/mol. The lowest BCUT2D eigenvalue weighted by Gasteiger charge is -2.21. The van der Waals surface area contributed by atoms with Crippen LogP contribution in [0.25, 0.3) is 0 Å². The van der Waals surface area contributed by atoms with Gasteiger partial charge in [-0.15, -0.1) is 0 Å². The van der Waals surface area contributed by atoms with E-state index in [-0.39, 0.29) is 19.3 Å². The molecule has 5 unspecified atom stereocenters. The van der Waals surface area contributed by atoms with Gasteiger partial charge in [-0.25, -0.2) is 9.13 Å². The first kappa shape index (κ1) is 101. The molecule has 0 saturated heterocycles. The number of ether oxygens (including phenoxy) is 3. The number of aliphatic hydroxyl groups is 2. The first-order valence-electron chi connectivity index (χ1n) is 42.5. The van der Waals surface area contributed by atoms with E-state index >= 15 is 0 Å². The van der Waals surface area contributed by atoms with Crippen molar-refractivity contribution in [3.63, 3.8) is 0 Å². The van der Waals surface area contributed by atoms with Crippen LogP contribution in [0.2, 0.25) is 0 Å². The summed E-state index contributed by atoms with van der Waals surface area (Å²) >= 11 is 0. The molecule has 610 valence electrons. The molecule has 0 fully saturated rings. The smallest absolute Gasteiger partial charge is 0.463 e. The third-order valence-corrected chi connectivity index (χ3v) is 20.2. The second-order valence-corrected chi connectivity index (χ2v) is 31.5. The van der Waals surface area contributed by atoms with Crippen LogP contribution in [0.15, 0.2) is 97.2 Å². The fourth-order valence-corrected chi connectivity index (χ4v) is 13.4. The van der Waals surface area contributed by atoms with Gasteiger partial charge in [-0.05, 0) is 109 Å². The summed E-state index contributed by atoms with van der Waals surface area (Å²) in [7, 11) is -9.78. The lowest BCUT2D eigenvalue weighted by atomic mass is 10.0. The molecule has 0 aliphatic carbocycles. The van der Waals surface area contributed by atoms with Gasteiger partial charge in [0.15, 0.2) is 6.10 Å². The zero-order valence-corrected chi connectivity index (χ0v) is 68.7. The maximum absolute atomic E-state index is 13.0. The third-order valence-electron chi connectivity index (χ3n) is 18.3. The van der Waals surface area contributed by atoms with Gasteiger partial charge in [-0.2, -0.15) is 0 Å². The lowest BCUT2D eigenvalue weighted by Crippen LogP contribution is -2.30. The second-order valence-electron chi connectivity index (χ2n) is 28.6. The van der Waals surface area contributed by atoms with Gasteiger partial charge in [0.25, 0.3) is 0 Å². The van der Waals surface area contributed by atoms with Gasteiger partial charge in [0.2, 0.25) is 0 Å². The Hall–Kier alpha value is -3.53. The summed E-state index contributed by atoms with van der Waals surface area (Å²) in [5.41, 5.74) is 0. The summed E-state index contributed by atoms with van der Waals surface area (Å²) in [6, 6.07) is 0. The Morgan fingerprint density at radius 1 is 0.267 bits per heavy atom. The number of rotatable bonds is 81. The van der Waals surface area contributed by atoms with E-state index in [0.717, 1.165) is 116 Å². The molecule has 0 bridgehead atoms. The van der Waals surface area contributed by atoms with Crippen molar-refractivity contribution < 1.29 is 75.8 Å². The number of esters is 3. The van der Waals surface area contributed by atoms with E-state index in [1.54, 1.807) is 0 Å². The van der Waals surface area contributed by atoms with Crippen molar-refractivity contribution in [1.29, 1.82) is 0 Å². The van der Waals surface area contributed by atoms with E-state index in [4.69, 9.17) is 32.3 Å². The van der Waals surface area contributed by atoms with Crippen molar-refractivity contribution in [3.05, 3.63) is 97.2 Å². The van der Waals surface area contributed by atoms with Crippen LogP contribution in [-0.4, -0.2) is 95.9 Å². The summed E-state index contributed by atoms with van der Waals surface area (Å²) < 4.78 is 61.2. The highest BCUT2D eigenvalue weighted by Gasteiger charge is 2.29. The molecule has 0 heterocycles. The van der Waals surface area contributed by atoms with E-state index in [9.17, 15) is 43.5 Å². The first-order valence-corrected chi connectivity index (χ1v) is 45.5. The van der Waals surface area contributed by atoms with Gasteiger partial charge in [-0.3, -0.25) is 32.5 Å². The van der Waals surface area contributed by atoms with Crippen molar-refractivity contribution >= 4 is 33.6 Å². The average Bonchev–Trinajstić information content (AvgIpc) is 0.913. The van der Waals surface area contributed by atoms with E-state index in [1.807, 2.05) is 0 Å². The van der Waals surface area contributed by atoms with Gasteiger partial charge in [-0.1, -0.05) is 349 Å². The van der Waals surface area contributed by atoms with Crippen LogP contribution in [-0.2, 0) is 55.8 Å². The molecule has 0 amide bonds. The highest BCUT2D eigenvalue weighted by Crippen LogP contribution is 2.45. The van der Waals surface area contributed by atoms with Crippen LogP contribution in [0, 0.1) is 0 Å². The molecular weight excluding hydrogens is 1360 g/mol. The van der Waals surface area contributed by atoms with E-state index in [2.05, 4.69) is 118 Å². The molecule has 0 aromatic carbocycles. The zero-order valence-electron chi connectivity index (χ0n) is 66.9.